The van der Waals surface area contributed by atoms with E-state index >= 15 is 0 Å². The minimum Gasteiger partial charge on any atom is -0.0664 e. The summed E-state index contributed by atoms with van der Waals surface area (Å²) < 4.78 is 0. The van der Waals surface area contributed by atoms with Crippen molar-refractivity contribution in [2.75, 3.05) is 0 Å². The maximum Gasteiger partial charge on any atom is 0.244 e. The number of fused-ring (bicyclic) bond motifs is 6. The molecule has 2 aliphatic rings. The zero-order valence-electron chi connectivity index (χ0n) is 17.0. The molecule has 0 aliphatic carbocycles. The fourth-order valence-corrected chi connectivity index (χ4v) is 5.53. The molecule has 0 aromatic heterocycles. The molecule has 0 nitrogen and oxygen atoms in total. The van der Waals surface area contributed by atoms with Crippen LogP contribution >= 0.6 is 0 Å². The van der Waals surface area contributed by atoms with Gasteiger partial charge in [0.25, 0.3) is 0 Å². The van der Waals surface area contributed by atoms with Gasteiger partial charge in [-0.2, -0.15) is 0 Å². The van der Waals surface area contributed by atoms with Gasteiger partial charge in [-0.25, -0.2) is 0 Å². The van der Waals surface area contributed by atoms with E-state index in [1.165, 1.54) is 60.9 Å². The zero-order valence-corrected chi connectivity index (χ0v) is 17.0. The van der Waals surface area contributed by atoms with E-state index in [0.29, 0.717) is 6.71 Å². The Hall–Kier alpha value is -3.84. The van der Waals surface area contributed by atoms with Gasteiger partial charge in [-0.3, -0.25) is 0 Å². The van der Waals surface area contributed by atoms with Crippen LogP contribution in [0.1, 0.15) is 0 Å². The Morgan fingerprint density at radius 3 is 1.65 bits per heavy atom. The molecular formula is C30H19B. The summed E-state index contributed by atoms with van der Waals surface area (Å²) in [6.45, 7) is 0.353. The summed E-state index contributed by atoms with van der Waals surface area (Å²) in [5, 5.41) is 0. The highest BCUT2D eigenvalue weighted by Gasteiger charge is 2.41. The normalized spacial score (nSPS) is 12.5. The smallest absolute Gasteiger partial charge is 0.0664 e. The lowest BCUT2D eigenvalue weighted by molar-refractivity contribution is 1.61. The Morgan fingerprint density at radius 1 is 0.355 bits per heavy atom. The van der Waals surface area contributed by atoms with Crippen molar-refractivity contribution in [1.82, 2.24) is 0 Å². The summed E-state index contributed by atoms with van der Waals surface area (Å²) in [5.74, 6) is 0. The molecule has 0 N–H and O–H groups in total. The van der Waals surface area contributed by atoms with Crippen molar-refractivity contribution in [3.8, 4) is 44.5 Å². The van der Waals surface area contributed by atoms with E-state index < -0.39 is 0 Å². The molecule has 0 fully saturated rings. The quantitative estimate of drug-likeness (QED) is 0.342. The van der Waals surface area contributed by atoms with Crippen LogP contribution in [0, 0.1) is 0 Å². The third-order valence-electron chi connectivity index (χ3n) is 6.90. The van der Waals surface area contributed by atoms with E-state index in [9.17, 15) is 0 Å². The molecule has 0 atom stereocenters. The second-order valence-electron chi connectivity index (χ2n) is 8.54. The topological polar surface area (TPSA) is 0 Å². The van der Waals surface area contributed by atoms with Gasteiger partial charge in [0.05, 0.1) is 0 Å². The molecule has 7 rings (SSSR count). The van der Waals surface area contributed by atoms with Crippen molar-refractivity contribution >= 4 is 23.1 Å². The molecule has 142 valence electrons. The minimum absolute atomic E-state index is 0.353. The minimum atomic E-state index is 0.353. The first-order valence-electron chi connectivity index (χ1n) is 10.9. The van der Waals surface area contributed by atoms with Crippen LogP contribution in [-0.2, 0) is 0 Å². The molecule has 0 spiro atoms. The first kappa shape index (κ1) is 16.9. The molecule has 0 saturated carbocycles. The highest BCUT2D eigenvalue weighted by Crippen LogP contribution is 2.38. The molecule has 2 aliphatic heterocycles. The van der Waals surface area contributed by atoms with E-state index in [0.717, 1.165) is 0 Å². The summed E-state index contributed by atoms with van der Waals surface area (Å²) in [6, 6.07) is 42.3. The Kier molecular flexibility index (Phi) is 3.45. The van der Waals surface area contributed by atoms with Gasteiger partial charge in [-0.1, -0.05) is 113 Å². The van der Waals surface area contributed by atoms with Crippen molar-refractivity contribution in [2.45, 2.75) is 0 Å². The maximum absolute atomic E-state index is 2.41. The third kappa shape index (κ3) is 2.38. The monoisotopic (exact) mass is 390 g/mol. The van der Waals surface area contributed by atoms with Crippen LogP contribution in [0.3, 0.4) is 0 Å². The fraction of sp³-hybridized carbons (Fsp3) is 0. The van der Waals surface area contributed by atoms with Gasteiger partial charge >= 0.3 is 0 Å². The Bertz CT molecular complexity index is 1470. The average molecular weight is 390 g/mol. The fourth-order valence-electron chi connectivity index (χ4n) is 5.53. The van der Waals surface area contributed by atoms with E-state index in [1.54, 1.807) is 0 Å². The Labute approximate surface area is 182 Å². The average Bonchev–Trinajstić information content (AvgIpc) is 3.36. The first-order chi connectivity index (χ1) is 15.4. The lowest BCUT2D eigenvalue weighted by Crippen LogP contribution is -2.45. The van der Waals surface area contributed by atoms with Crippen LogP contribution in [0.5, 0.6) is 0 Å². The van der Waals surface area contributed by atoms with Crippen molar-refractivity contribution < 1.29 is 0 Å². The molecule has 5 aromatic rings. The van der Waals surface area contributed by atoms with Gasteiger partial charge in [0.1, 0.15) is 0 Å². The Balaban J connectivity index is 1.53. The summed E-state index contributed by atoms with van der Waals surface area (Å²) >= 11 is 0. The van der Waals surface area contributed by atoms with Gasteiger partial charge in [0.2, 0.25) is 6.71 Å². The SMILES string of the molecule is c1ccc(-c2ccc3c(c2)-c2cc(-c4ccccc4)cc4c2B3c2ccccc2-4)cc1. The van der Waals surface area contributed by atoms with Gasteiger partial charge < -0.3 is 0 Å². The van der Waals surface area contributed by atoms with Crippen LogP contribution in [0.4, 0.5) is 0 Å². The van der Waals surface area contributed by atoms with Gasteiger partial charge in [-0.05, 0) is 62.7 Å². The predicted octanol–water partition coefficient (Wildman–Crippen LogP) is 5.50. The molecular weight excluding hydrogens is 371 g/mol. The summed E-state index contributed by atoms with van der Waals surface area (Å²) in [6.07, 6.45) is 0. The van der Waals surface area contributed by atoms with E-state index in [1.807, 2.05) is 0 Å². The van der Waals surface area contributed by atoms with Crippen LogP contribution in [0.2, 0.25) is 0 Å². The van der Waals surface area contributed by atoms with Crippen LogP contribution in [-0.4, -0.2) is 6.71 Å². The largest absolute Gasteiger partial charge is 0.244 e. The molecule has 1 heteroatoms. The molecule has 2 heterocycles. The summed E-state index contributed by atoms with van der Waals surface area (Å²) in [4.78, 5) is 0. The van der Waals surface area contributed by atoms with Crippen LogP contribution in [0.15, 0.2) is 115 Å². The van der Waals surface area contributed by atoms with Gasteiger partial charge in [0, 0.05) is 0 Å². The van der Waals surface area contributed by atoms with E-state index in [-0.39, 0.29) is 0 Å². The van der Waals surface area contributed by atoms with E-state index in [4.69, 9.17) is 0 Å². The molecule has 0 amide bonds. The number of rotatable bonds is 2. The van der Waals surface area contributed by atoms with Gasteiger partial charge in [-0.15, -0.1) is 0 Å². The zero-order chi connectivity index (χ0) is 20.4. The molecule has 0 radical (unpaired) electrons. The van der Waals surface area contributed by atoms with Crippen LogP contribution in [0.25, 0.3) is 44.5 Å². The summed E-state index contributed by atoms with van der Waals surface area (Å²) in [7, 11) is 0. The second-order valence-corrected chi connectivity index (χ2v) is 8.54. The molecule has 5 aromatic carbocycles. The highest BCUT2D eigenvalue weighted by atomic mass is 14.3. The van der Waals surface area contributed by atoms with Crippen molar-refractivity contribution in [3.63, 3.8) is 0 Å². The maximum atomic E-state index is 2.41. The molecule has 0 unspecified atom stereocenters. The molecule has 31 heavy (non-hydrogen) atoms. The Morgan fingerprint density at radius 2 is 0.903 bits per heavy atom. The second kappa shape index (κ2) is 6.33. The number of hydrogen-bond donors (Lipinski definition) is 0. The highest BCUT2D eigenvalue weighted by molar-refractivity contribution is 7.02. The van der Waals surface area contributed by atoms with Crippen molar-refractivity contribution in [1.29, 1.82) is 0 Å². The first-order valence-corrected chi connectivity index (χ1v) is 10.9. The molecule has 0 saturated heterocycles. The summed E-state index contributed by atoms with van der Waals surface area (Å²) in [5.41, 5.74) is 15.0. The van der Waals surface area contributed by atoms with Gasteiger partial charge in [0.15, 0.2) is 0 Å². The third-order valence-corrected chi connectivity index (χ3v) is 6.90. The molecule has 0 bridgehead atoms. The number of benzene rings is 5. The van der Waals surface area contributed by atoms with Crippen molar-refractivity contribution in [3.05, 3.63) is 115 Å². The predicted molar refractivity (Wildman–Crippen MR) is 133 cm³/mol. The number of hydrogen-bond acceptors (Lipinski definition) is 0. The van der Waals surface area contributed by atoms with E-state index in [2.05, 4.69) is 115 Å². The van der Waals surface area contributed by atoms with Crippen molar-refractivity contribution in [2.24, 2.45) is 0 Å². The van der Waals surface area contributed by atoms with Crippen LogP contribution < -0.4 is 16.4 Å². The standard InChI is InChI=1S/C30H19B/c1-3-9-20(10-4-1)22-15-16-29-25(17-22)27-19-23(21-11-5-2-6-12-21)18-26-24-13-7-8-14-28(24)31(29)30(26)27/h1-19H. The lowest BCUT2D eigenvalue weighted by Gasteiger charge is -2.13. The lowest BCUT2D eigenvalue weighted by atomic mass is 9.41.